The van der Waals surface area contributed by atoms with Crippen molar-refractivity contribution in [3.63, 3.8) is 0 Å². The number of aryl methyl sites for hydroxylation is 1. The van der Waals surface area contributed by atoms with Crippen LogP contribution in [0.2, 0.25) is 0 Å². The Morgan fingerprint density at radius 2 is 1.79 bits per heavy atom. The van der Waals surface area contributed by atoms with E-state index in [4.69, 9.17) is 14.2 Å². The molecule has 0 saturated carbocycles. The molecule has 0 aliphatic carbocycles. The molecule has 1 amide bonds. The van der Waals surface area contributed by atoms with Crippen LogP contribution in [-0.4, -0.2) is 38.7 Å². The van der Waals surface area contributed by atoms with E-state index < -0.39 is 0 Å². The molecule has 0 unspecified atom stereocenters. The predicted octanol–water partition coefficient (Wildman–Crippen LogP) is 4.76. The summed E-state index contributed by atoms with van der Waals surface area (Å²) >= 11 is 3.34. The van der Waals surface area contributed by atoms with Crippen LogP contribution in [0.4, 0.5) is 4.39 Å². The van der Waals surface area contributed by atoms with E-state index in [1.54, 1.807) is 37.3 Å². The van der Waals surface area contributed by atoms with Gasteiger partial charge in [0, 0.05) is 29.5 Å². The quantitative estimate of drug-likeness (QED) is 0.474. The van der Waals surface area contributed by atoms with Crippen LogP contribution in [0.5, 0.6) is 17.2 Å². The van der Waals surface area contributed by atoms with Crippen molar-refractivity contribution in [3.8, 4) is 17.2 Å². The van der Waals surface area contributed by atoms with Crippen molar-refractivity contribution >= 4 is 21.8 Å². The second kappa shape index (κ2) is 10.9. The van der Waals surface area contributed by atoms with Crippen LogP contribution in [-0.2, 0) is 17.8 Å². The summed E-state index contributed by atoms with van der Waals surface area (Å²) in [7, 11) is 4.63. The van der Waals surface area contributed by atoms with E-state index in [9.17, 15) is 9.18 Å². The van der Waals surface area contributed by atoms with E-state index in [1.807, 2.05) is 12.1 Å². The van der Waals surface area contributed by atoms with Gasteiger partial charge in [-0.1, -0.05) is 22.0 Å². The lowest BCUT2D eigenvalue weighted by Crippen LogP contribution is -2.31. The molecule has 0 aliphatic rings. The van der Waals surface area contributed by atoms with Crippen LogP contribution in [0.15, 0.2) is 47.5 Å². The normalized spacial score (nSPS) is 10.4. The van der Waals surface area contributed by atoms with Crippen molar-refractivity contribution in [2.45, 2.75) is 19.4 Å². The van der Waals surface area contributed by atoms with Crippen LogP contribution in [0, 0.1) is 5.82 Å². The Kier molecular flexibility index (Phi) is 8.51. The van der Waals surface area contributed by atoms with E-state index >= 15 is 0 Å². The Balaban J connectivity index is 2.14. The van der Waals surface area contributed by atoms with Gasteiger partial charge < -0.3 is 19.1 Å². The SMILES string of the molecule is C=CCN(Cc1cc(Br)ccc1F)C(=O)CCc1cc(OC)c(OC)c(OC)c1. The molecule has 0 heterocycles. The highest BCUT2D eigenvalue weighted by molar-refractivity contribution is 9.10. The van der Waals surface area contributed by atoms with Gasteiger partial charge in [0.1, 0.15) is 5.82 Å². The van der Waals surface area contributed by atoms with Crippen molar-refractivity contribution in [3.05, 3.63) is 64.4 Å². The van der Waals surface area contributed by atoms with Gasteiger partial charge in [0.25, 0.3) is 0 Å². The molecule has 0 N–H and O–H groups in total. The first-order valence-electron chi connectivity index (χ1n) is 9.05. The van der Waals surface area contributed by atoms with Gasteiger partial charge in [-0.3, -0.25) is 4.79 Å². The summed E-state index contributed by atoms with van der Waals surface area (Å²) in [5.74, 6) is 1.13. The number of amides is 1. The molecule has 0 fully saturated rings. The van der Waals surface area contributed by atoms with E-state index in [-0.39, 0.29) is 24.7 Å². The summed E-state index contributed by atoms with van der Waals surface area (Å²) in [6.07, 6.45) is 2.36. The minimum atomic E-state index is -0.348. The fourth-order valence-electron chi connectivity index (χ4n) is 2.97. The summed E-state index contributed by atoms with van der Waals surface area (Å²) < 4.78 is 30.9. The van der Waals surface area contributed by atoms with Gasteiger partial charge in [-0.05, 0) is 42.3 Å². The number of benzene rings is 2. The van der Waals surface area contributed by atoms with Crippen LogP contribution >= 0.6 is 15.9 Å². The molecule has 0 radical (unpaired) electrons. The topological polar surface area (TPSA) is 48.0 Å². The Bertz CT molecular complexity index is 847. The maximum Gasteiger partial charge on any atom is 0.223 e. The minimum absolute atomic E-state index is 0.0990. The van der Waals surface area contributed by atoms with Gasteiger partial charge in [0.15, 0.2) is 11.5 Å². The number of hydrogen-bond acceptors (Lipinski definition) is 4. The first-order chi connectivity index (χ1) is 13.9. The minimum Gasteiger partial charge on any atom is -0.493 e. The van der Waals surface area contributed by atoms with Gasteiger partial charge in [0.05, 0.1) is 21.3 Å². The lowest BCUT2D eigenvalue weighted by atomic mass is 10.1. The molecule has 7 heteroatoms. The van der Waals surface area contributed by atoms with Crippen molar-refractivity contribution in [1.29, 1.82) is 0 Å². The number of carbonyl (C=O) groups excluding carboxylic acids is 1. The van der Waals surface area contributed by atoms with Crippen LogP contribution in [0.3, 0.4) is 0 Å². The summed E-state index contributed by atoms with van der Waals surface area (Å²) in [5, 5.41) is 0. The van der Waals surface area contributed by atoms with E-state index in [1.165, 1.54) is 13.2 Å². The molecule has 2 aromatic carbocycles. The number of halogens is 2. The highest BCUT2D eigenvalue weighted by Crippen LogP contribution is 2.38. The molecule has 29 heavy (non-hydrogen) atoms. The Morgan fingerprint density at radius 1 is 1.14 bits per heavy atom. The number of ether oxygens (including phenoxy) is 3. The summed E-state index contributed by atoms with van der Waals surface area (Å²) in [4.78, 5) is 14.4. The molecule has 2 rings (SSSR count). The largest absolute Gasteiger partial charge is 0.493 e. The number of carbonyl (C=O) groups is 1. The summed E-state index contributed by atoms with van der Waals surface area (Å²) in [5.41, 5.74) is 1.32. The maximum absolute atomic E-state index is 14.1. The molecule has 0 aromatic heterocycles. The van der Waals surface area contributed by atoms with E-state index in [0.29, 0.717) is 35.8 Å². The second-order valence-corrected chi connectivity index (χ2v) is 7.25. The van der Waals surface area contributed by atoms with Crippen molar-refractivity contribution in [2.75, 3.05) is 27.9 Å². The highest BCUT2D eigenvalue weighted by Gasteiger charge is 2.17. The fourth-order valence-corrected chi connectivity index (χ4v) is 3.38. The third-order valence-corrected chi connectivity index (χ3v) is 4.92. The third-order valence-electron chi connectivity index (χ3n) is 4.42. The zero-order valence-corrected chi connectivity index (χ0v) is 18.4. The number of methoxy groups -OCH3 is 3. The molecule has 0 atom stereocenters. The van der Waals surface area contributed by atoms with Gasteiger partial charge in [0.2, 0.25) is 11.7 Å². The second-order valence-electron chi connectivity index (χ2n) is 6.33. The fraction of sp³-hybridized carbons (Fsp3) is 0.318. The zero-order valence-electron chi connectivity index (χ0n) is 16.8. The molecule has 2 aromatic rings. The first kappa shape index (κ1) is 22.7. The van der Waals surface area contributed by atoms with Crippen LogP contribution in [0.25, 0.3) is 0 Å². The molecule has 5 nitrogen and oxygen atoms in total. The van der Waals surface area contributed by atoms with E-state index in [2.05, 4.69) is 22.5 Å². The first-order valence-corrected chi connectivity index (χ1v) is 9.84. The standard InChI is InChI=1S/C22H25BrFNO4/c1-5-10-25(14-16-13-17(23)7-8-18(16)24)21(26)9-6-15-11-19(27-2)22(29-4)20(12-15)28-3/h5,7-8,11-13H,1,6,9-10,14H2,2-4H3. The monoisotopic (exact) mass is 465 g/mol. The van der Waals surface area contributed by atoms with Crippen LogP contribution < -0.4 is 14.2 Å². The van der Waals surface area contributed by atoms with Gasteiger partial charge in [-0.2, -0.15) is 0 Å². The summed E-state index contributed by atoms with van der Waals surface area (Å²) in [6.45, 7) is 4.21. The number of hydrogen-bond donors (Lipinski definition) is 0. The third kappa shape index (κ3) is 5.97. The smallest absolute Gasteiger partial charge is 0.223 e. The molecular weight excluding hydrogens is 441 g/mol. The van der Waals surface area contributed by atoms with Crippen LogP contribution in [0.1, 0.15) is 17.5 Å². The molecule has 156 valence electrons. The Labute approximate surface area is 179 Å². The summed E-state index contributed by atoms with van der Waals surface area (Å²) in [6, 6.07) is 8.33. The molecule has 0 aliphatic heterocycles. The average molecular weight is 466 g/mol. The number of nitrogens with zero attached hydrogens (tertiary/aromatic N) is 1. The molecule has 0 spiro atoms. The Hall–Kier alpha value is -2.54. The molecular formula is C22H25BrFNO4. The lowest BCUT2D eigenvalue weighted by molar-refractivity contribution is -0.131. The van der Waals surface area contributed by atoms with E-state index in [0.717, 1.165) is 10.0 Å². The maximum atomic E-state index is 14.1. The lowest BCUT2D eigenvalue weighted by Gasteiger charge is -2.22. The number of rotatable bonds is 10. The van der Waals surface area contributed by atoms with Crippen molar-refractivity contribution in [2.24, 2.45) is 0 Å². The van der Waals surface area contributed by atoms with Crippen molar-refractivity contribution in [1.82, 2.24) is 4.90 Å². The zero-order chi connectivity index (χ0) is 21.4. The van der Waals surface area contributed by atoms with Crippen molar-refractivity contribution < 1.29 is 23.4 Å². The average Bonchev–Trinajstić information content (AvgIpc) is 2.73. The predicted molar refractivity (Wildman–Crippen MR) is 114 cm³/mol. The van der Waals surface area contributed by atoms with Gasteiger partial charge >= 0.3 is 0 Å². The molecule has 0 saturated heterocycles. The highest BCUT2D eigenvalue weighted by atomic mass is 79.9. The molecule has 0 bridgehead atoms. The van der Waals surface area contributed by atoms with Gasteiger partial charge in [-0.15, -0.1) is 6.58 Å². The Morgan fingerprint density at radius 3 is 2.34 bits per heavy atom. The van der Waals surface area contributed by atoms with Gasteiger partial charge in [-0.25, -0.2) is 4.39 Å².